The highest BCUT2D eigenvalue weighted by Gasteiger charge is 2.19. The summed E-state index contributed by atoms with van der Waals surface area (Å²) < 4.78 is 5.90. The molecule has 1 saturated heterocycles. The molecule has 1 aliphatic carbocycles. The molecule has 0 aromatic rings. The molecular formula is C12H24N2O. The summed E-state index contributed by atoms with van der Waals surface area (Å²) in [5.41, 5.74) is 5.86. The van der Waals surface area contributed by atoms with Gasteiger partial charge in [-0.3, -0.25) is 0 Å². The number of rotatable bonds is 4. The maximum Gasteiger partial charge on any atom is 0.0597 e. The fourth-order valence-electron chi connectivity index (χ4n) is 2.61. The van der Waals surface area contributed by atoms with Crippen molar-refractivity contribution in [3.8, 4) is 0 Å². The largest absolute Gasteiger partial charge is 0.377 e. The van der Waals surface area contributed by atoms with Crippen LogP contribution in [0.3, 0.4) is 0 Å². The standard InChI is InChI=1S/C12H24N2O/c13-11-3-5-12(6-4-11)15-10-9-14-7-1-2-8-14/h11-12H,1-10,13H2. The molecule has 0 radical (unpaired) electrons. The topological polar surface area (TPSA) is 38.5 Å². The number of likely N-dealkylation sites (tertiary alicyclic amines) is 1. The number of hydrogen-bond acceptors (Lipinski definition) is 3. The van der Waals surface area contributed by atoms with Gasteiger partial charge >= 0.3 is 0 Å². The highest BCUT2D eigenvalue weighted by atomic mass is 16.5. The van der Waals surface area contributed by atoms with Crippen LogP contribution in [0.25, 0.3) is 0 Å². The first kappa shape index (κ1) is 11.4. The molecule has 0 atom stereocenters. The zero-order valence-electron chi connectivity index (χ0n) is 9.66. The zero-order chi connectivity index (χ0) is 10.5. The molecule has 1 aliphatic heterocycles. The second kappa shape index (κ2) is 5.83. The van der Waals surface area contributed by atoms with E-state index in [1.165, 1.54) is 38.8 Å². The normalized spacial score (nSPS) is 33.4. The lowest BCUT2D eigenvalue weighted by Crippen LogP contribution is -2.32. The molecule has 15 heavy (non-hydrogen) atoms. The van der Waals surface area contributed by atoms with Crippen molar-refractivity contribution in [3.05, 3.63) is 0 Å². The lowest BCUT2D eigenvalue weighted by atomic mass is 9.94. The molecule has 3 heteroatoms. The molecule has 88 valence electrons. The maximum atomic E-state index is 5.90. The summed E-state index contributed by atoms with van der Waals surface area (Å²) in [6.45, 7) is 4.60. The fraction of sp³-hybridized carbons (Fsp3) is 1.00. The highest BCUT2D eigenvalue weighted by Crippen LogP contribution is 2.19. The van der Waals surface area contributed by atoms with Crippen LogP contribution in [0.1, 0.15) is 38.5 Å². The summed E-state index contributed by atoms with van der Waals surface area (Å²) >= 11 is 0. The maximum absolute atomic E-state index is 5.90. The molecule has 3 nitrogen and oxygen atoms in total. The van der Waals surface area contributed by atoms with Crippen molar-refractivity contribution in [2.45, 2.75) is 50.7 Å². The predicted molar refractivity (Wildman–Crippen MR) is 61.9 cm³/mol. The summed E-state index contributed by atoms with van der Waals surface area (Å²) in [5, 5.41) is 0. The Bertz CT molecular complexity index is 172. The zero-order valence-corrected chi connectivity index (χ0v) is 9.66. The van der Waals surface area contributed by atoms with Crippen LogP contribution in [0, 0.1) is 0 Å². The van der Waals surface area contributed by atoms with E-state index in [2.05, 4.69) is 4.90 Å². The molecule has 2 aliphatic rings. The summed E-state index contributed by atoms with van der Waals surface area (Å²) in [6, 6.07) is 0.434. The van der Waals surface area contributed by atoms with Gasteiger partial charge < -0.3 is 15.4 Å². The first-order valence-electron chi connectivity index (χ1n) is 6.44. The van der Waals surface area contributed by atoms with Crippen LogP contribution in [0.2, 0.25) is 0 Å². The van der Waals surface area contributed by atoms with Crippen LogP contribution in [-0.4, -0.2) is 43.3 Å². The Hall–Kier alpha value is -0.120. The third-order valence-electron chi connectivity index (χ3n) is 3.68. The van der Waals surface area contributed by atoms with Gasteiger partial charge in [-0.25, -0.2) is 0 Å². The lowest BCUT2D eigenvalue weighted by molar-refractivity contribution is 0.0159. The Morgan fingerprint density at radius 1 is 1.07 bits per heavy atom. The van der Waals surface area contributed by atoms with Crippen molar-refractivity contribution in [1.29, 1.82) is 0 Å². The predicted octanol–water partition coefficient (Wildman–Crippen LogP) is 1.37. The van der Waals surface area contributed by atoms with Crippen molar-refractivity contribution in [3.63, 3.8) is 0 Å². The smallest absolute Gasteiger partial charge is 0.0597 e. The first-order chi connectivity index (χ1) is 7.34. The second-order valence-electron chi connectivity index (χ2n) is 4.96. The van der Waals surface area contributed by atoms with Crippen LogP contribution < -0.4 is 5.73 Å². The van der Waals surface area contributed by atoms with E-state index in [-0.39, 0.29) is 0 Å². The van der Waals surface area contributed by atoms with E-state index in [0.717, 1.165) is 26.0 Å². The number of hydrogen-bond donors (Lipinski definition) is 1. The molecule has 1 heterocycles. The Labute approximate surface area is 93.0 Å². The Kier molecular flexibility index (Phi) is 4.42. The van der Waals surface area contributed by atoms with E-state index in [4.69, 9.17) is 10.5 Å². The first-order valence-corrected chi connectivity index (χ1v) is 6.44. The minimum atomic E-state index is 0.434. The lowest BCUT2D eigenvalue weighted by Gasteiger charge is -2.27. The fourth-order valence-corrected chi connectivity index (χ4v) is 2.61. The third kappa shape index (κ3) is 3.74. The minimum absolute atomic E-state index is 0.434. The van der Waals surface area contributed by atoms with Crippen molar-refractivity contribution >= 4 is 0 Å². The number of ether oxygens (including phenoxy) is 1. The van der Waals surface area contributed by atoms with Gasteiger partial charge in [0.05, 0.1) is 12.7 Å². The van der Waals surface area contributed by atoms with Gasteiger partial charge in [-0.15, -0.1) is 0 Å². The van der Waals surface area contributed by atoms with Crippen LogP contribution in [0.15, 0.2) is 0 Å². The molecule has 1 saturated carbocycles. The molecule has 2 fully saturated rings. The molecule has 0 unspecified atom stereocenters. The van der Waals surface area contributed by atoms with Crippen LogP contribution in [0.5, 0.6) is 0 Å². The number of nitrogens with two attached hydrogens (primary N) is 1. The summed E-state index contributed by atoms with van der Waals surface area (Å²) in [4.78, 5) is 2.51. The summed E-state index contributed by atoms with van der Waals surface area (Å²) in [6.07, 6.45) is 7.87. The van der Waals surface area contributed by atoms with Crippen molar-refractivity contribution in [1.82, 2.24) is 4.90 Å². The van der Waals surface area contributed by atoms with Crippen molar-refractivity contribution in [2.75, 3.05) is 26.2 Å². The monoisotopic (exact) mass is 212 g/mol. The van der Waals surface area contributed by atoms with Gasteiger partial charge in [0.1, 0.15) is 0 Å². The average Bonchev–Trinajstić information content (AvgIpc) is 2.74. The Morgan fingerprint density at radius 3 is 2.40 bits per heavy atom. The molecule has 0 amide bonds. The molecule has 2 rings (SSSR count). The molecule has 0 spiro atoms. The molecule has 2 N–H and O–H groups in total. The van der Waals surface area contributed by atoms with Crippen LogP contribution >= 0.6 is 0 Å². The SMILES string of the molecule is NC1CCC(OCCN2CCCC2)CC1. The summed E-state index contributed by atoms with van der Waals surface area (Å²) in [5.74, 6) is 0. The molecule has 0 aromatic heterocycles. The molecule has 0 aromatic carbocycles. The average molecular weight is 212 g/mol. The van der Waals surface area contributed by atoms with Crippen molar-refractivity contribution < 1.29 is 4.74 Å². The van der Waals surface area contributed by atoms with E-state index < -0.39 is 0 Å². The van der Waals surface area contributed by atoms with Crippen LogP contribution in [-0.2, 0) is 4.74 Å². The van der Waals surface area contributed by atoms with E-state index in [1.54, 1.807) is 0 Å². The van der Waals surface area contributed by atoms with Gasteiger partial charge in [0.15, 0.2) is 0 Å². The number of nitrogens with zero attached hydrogens (tertiary/aromatic N) is 1. The molecular weight excluding hydrogens is 188 g/mol. The van der Waals surface area contributed by atoms with Gasteiger partial charge in [-0.2, -0.15) is 0 Å². The minimum Gasteiger partial charge on any atom is -0.377 e. The summed E-state index contributed by atoms with van der Waals surface area (Å²) in [7, 11) is 0. The Balaban J connectivity index is 1.53. The van der Waals surface area contributed by atoms with Crippen molar-refractivity contribution in [2.24, 2.45) is 5.73 Å². The third-order valence-corrected chi connectivity index (χ3v) is 3.68. The van der Waals surface area contributed by atoms with E-state index in [1.807, 2.05) is 0 Å². The highest BCUT2D eigenvalue weighted by molar-refractivity contribution is 4.74. The van der Waals surface area contributed by atoms with E-state index in [0.29, 0.717) is 12.1 Å². The van der Waals surface area contributed by atoms with Gasteiger partial charge in [0, 0.05) is 12.6 Å². The second-order valence-corrected chi connectivity index (χ2v) is 4.96. The van der Waals surface area contributed by atoms with Gasteiger partial charge in [0.2, 0.25) is 0 Å². The van der Waals surface area contributed by atoms with Gasteiger partial charge in [-0.1, -0.05) is 0 Å². The van der Waals surface area contributed by atoms with Crippen LogP contribution in [0.4, 0.5) is 0 Å². The Morgan fingerprint density at radius 2 is 1.73 bits per heavy atom. The van der Waals surface area contributed by atoms with E-state index in [9.17, 15) is 0 Å². The van der Waals surface area contributed by atoms with Gasteiger partial charge in [-0.05, 0) is 51.6 Å². The van der Waals surface area contributed by atoms with Gasteiger partial charge in [0.25, 0.3) is 0 Å². The van der Waals surface area contributed by atoms with E-state index >= 15 is 0 Å². The molecule has 0 bridgehead atoms. The quantitative estimate of drug-likeness (QED) is 0.765.